The van der Waals surface area contributed by atoms with Crippen LogP contribution in [-0.2, 0) is 4.74 Å². The summed E-state index contributed by atoms with van der Waals surface area (Å²) in [6, 6.07) is 4.16. The van der Waals surface area contributed by atoms with Crippen molar-refractivity contribution in [2.24, 2.45) is 0 Å². The minimum Gasteiger partial charge on any atom is -0.466 e. The molecule has 0 bridgehead atoms. The fourth-order valence-electron chi connectivity index (χ4n) is 0.928. The summed E-state index contributed by atoms with van der Waals surface area (Å²) in [7, 11) is 1.42. The first-order chi connectivity index (χ1) is 7.44. The number of alkyl halides is 3. The summed E-state index contributed by atoms with van der Waals surface area (Å²) in [5.41, 5.74) is 0. The molecule has 0 aliphatic rings. The lowest BCUT2D eigenvalue weighted by atomic mass is 10.3. The van der Waals surface area contributed by atoms with E-state index in [2.05, 4.69) is 9.47 Å². The number of hydrogen-bond donors (Lipinski definition) is 0. The van der Waals surface area contributed by atoms with Crippen LogP contribution >= 0.6 is 22.6 Å². The molecule has 0 saturated carbocycles. The van der Waals surface area contributed by atoms with Crippen LogP contribution in [0.2, 0.25) is 0 Å². The van der Waals surface area contributed by atoms with E-state index in [4.69, 9.17) is 4.74 Å². The number of ether oxygens (including phenoxy) is 3. The number of rotatable bonds is 4. The Morgan fingerprint density at radius 2 is 1.88 bits per heavy atom. The second-order valence-electron chi connectivity index (χ2n) is 2.67. The smallest absolute Gasteiger partial charge is 0.466 e. The van der Waals surface area contributed by atoms with Crippen LogP contribution in [0.15, 0.2) is 18.2 Å². The number of halogens is 4. The Labute approximate surface area is 104 Å². The summed E-state index contributed by atoms with van der Waals surface area (Å²) in [5.74, 6) is -0.00842. The minimum absolute atomic E-state index is 0.0362. The molecule has 0 heterocycles. The summed E-state index contributed by atoms with van der Waals surface area (Å²) in [5, 5.41) is 0. The van der Waals surface area contributed by atoms with Gasteiger partial charge in [-0.1, -0.05) is 6.07 Å². The van der Waals surface area contributed by atoms with Crippen molar-refractivity contribution in [1.29, 1.82) is 0 Å². The maximum absolute atomic E-state index is 12.0. The number of methoxy groups -OCH3 is 1. The molecular formula is C9H8F3IO3. The summed E-state index contributed by atoms with van der Waals surface area (Å²) in [4.78, 5) is 0. The van der Waals surface area contributed by atoms with Gasteiger partial charge in [-0.25, -0.2) is 0 Å². The number of hydrogen-bond acceptors (Lipinski definition) is 3. The Bertz CT molecular complexity index is 354. The molecule has 1 aromatic rings. The quantitative estimate of drug-likeness (QED) is 0.618. The van der Waals surface area contributed by atoms with Gasteiger partial charge in [0, 0.05) is 7.11 Å². The van der Waals surface area contributed by atoms with Crippen molar-refractivity contribution < 1.29 is 27.4 Å². The lowest BCUT2D eigenvalue weighted by Gasteiger charge is -2.13. The topological polar surface area (TPSA) is 27.7 Å². The largest absolute Gasteiger partial charge is 0.573 e. The fourth-order valence-corrected chi connectivity index (χ4v) is 1.55. The Balaban J connectivity index is 2.86. The predicted octanol–water partition coefficient (Wildman–Crippen LogP) is 3.17. The van der Waals surface area contributed by atoms with E-state index >= 15 is 0 Å². The molecule has 0 fully saturated rings. The van der Waals surface area contributed by atoms with Crippen molar-refractivity contribution in [3.63, 3.8) is 0 Å². The molecule has 0 N–H and O–H groups in total. The van der Waals surface area contributed by atoms with Gasteiger partial charge in [-0.05, 0) is 34.7 Å². The van der Waals surface area contributed by atoms with Crippen LogP contribution in [0, 0.1) is 3.57 Å². The fraction of sp³-hybridized carbons (Fsp3) is 0.333. The highest BCUT2D eigenvalue weighted by molar-refractivity contribution is 14.1. The van der Waals surface area contributed by atoms with Crippen LogP contribution < -0.4 is 9.47 Å². The van der Waals surface area contributed by atoms with E-state index < -0.39 is 6.36 Å². The Morgan fingerprint density at radius 3 is 2.44 bits per heavy atom. The van der Waals surface area contributed by atoms with Gasteiger partial charge in [0.15, 0.2) is 6.79 Å². The molecule has 90 valence electrons. The van der Waals surface area contributed by atoms with Crippen molar-refractivity contribution >= 4 is 22.6 Å². The van der Waals surface area contributed by atoms with Crippen LogP contribution in [0.4, 0.5) is 13.2 Å². The number of benzene rings is 1. The maximum Gasteiger partial charge on any atom is 0.573 e. The molecule has 0 aromatic heterocycles. The molecule has 0 aliphatic heterocycles. The van der Waals surface area contributed by atoms with Crippen LogP contribution in [0.3, 0.4) is 0 Å². The highest BCUT2D eigenvalue weighted by atomic mass is 127. The van der Waals surface area contributed by atoms with Crippen molar-refractivity contribution in [2.75, 3.05) is 13.9 Å². The molecule has 0 aliphatic carbocycles. The standard InChI is InChI=1S/C9H8F3IO3/c1-14-5-15-6-3-2-4-7(8(6)13)16-9(10,11)12/h2-4H,5H2,1H3. The van der Waals surface area contributed by atoms with Gasteiger partial charge >= 0.3 is 6.36 Å². The molecule has 0 spiro atoms. The summed E-state index contributed by atoms with van der Waals surface area (Å²) in [6.45, 7) is -0.0362. The SMILES string of the molecule is COCOc1cccc(OC(F)(F)F)c1I. The molecule has 7 heteroatoms. The van der Waals surface area contributed by atoms with Gasteiger partial charge in [-0.2, -0.15) is 0 Å². The first kappa shape index (κ1) is 13.4. The molecular weight excluding hydrogens is 340 g/mol. The first-order valence-electron chi connectivity index (χ1n) is 4.10. The predicted molar refractivity (Wildman–Crippen MR) is 58.3 cm³/mol. The third-order valence-electron chi connectivity index (χ3n) is 1.49. The van der Waals surface area contributed by atoms with Crippen molar-refractivity contribution in [3.8, 4) is 11.5 Å². The van der Waals surface area contributed by atoms with Crippen LogP contribution in [0.5, 0.6) is 11.5 Å². The van der Waals surface area contributed by atoms with Gasteiger partial charge in [0.2, 0.25) is 0 Å². The third-order valence-corrected chi connectivity index (χ3v) is 2.55. The van der Waals surface area contributed by atoms with E-state index in [-0.39, 0.29) is 21.9 Å². The van der Waals surface area contributed by atoms with E-state index in [1.54, 1.807) is 22.6 Å². The van der Waals surface area contributed by atoms with Gasteiger partial charge < -0.3 is 14.2 Å². The minimum atomic E-state index is -4.71. The van der Waals surface area contributed by atoms with Crippen molar-refractivity contribution in [1.82, 2.24) is 0 Å². The molecule has 0 saturated heterocycles. The summed E-state index contributed by atoms with van der Waals surface area (Å²) < 4.78 is 49.8. The molecule has 0 atom stereocenters. The average molecular weight is 348 g/mol. The maximum atomic E-state index is 12.0. The van der Waals surface area contributed by atoms with Gasteiger partial charge in [0.05, 0.1) is 3.57 Å². The zero-order chi connectivity index (χ0) is 12.2. The third kappa shape index (κ3) is 4.05. The van der Waals surface area contributed by atoms with Gasteiger partial charge in [0.25, 0.3) is 0 Å². The molecule has 0 unspecified atom stereocenters. The zero-order valence-electron chi connectivity index (χ0n) is 8.18. The zero-order valence-corrected chi connectivity index (χ0v) is 10.3. The Kier molecular flexibility index (Phi) is 4.66. The molecule has 1 aromatic carbocycles. The van der Waals surface area contributed by atoms with E-state index in [0.29, 0.717) is 0 Å². The Hall–Kier alpha value is -0.700. The summed E-state index contributed by atoms with van der Waals surface area (Å²) >= 11 is 1.72. The lowest BCUT2D eigenvalue weighted by Crippen LogP contribution is -2.18. The van der Waals surface area contributed by atoms with E-state index in [1.165, 1.54) is 25.3 Å². The highest BCUT2D eigenvalue weighted by Crippen LogP contribution is 2.33. The van der Waals surface area contributed by atoms with Gasteiger partial charge in [0.1, 0.15) is 11.5 Å². The van der Waals surface area contributed by atoms with Crippen LogP contribution in [-0.4, -0.2) is 20.3 Å². The highest BCUT2D eigenvalue weighted by Gasteiger charge is 2.32. The monoisotopic (exact) mass is 348 g/mol. The molecule has 1 rings (SSSR count). The van der Waals surface area contributed by atoms with Crippen molar-refractivity contribution in [3.05, 3.63) is 21.8 Å². The van der Waals surface area contributed by atoms with Crippen LogP contribution in [0.1, 0.15) is 0 Å². The second-order valence-corrected chi connectivity index (χ2v) is 3.75. The Morgan fingerprint density at radius 1 is 1.25 bits per heavy atom. The molecule has 0 radical (unpaired) electrons. The molecule has 3 nitrogen and oxygen atoms in total. The normalized spacial score (nSPS) is 11.3. The van der Waals surface area contributed by atoms with Crippen LogP contribution in [0.25, 0.3) is 0 Å². The first-order valence-corrected chi connectivity index (χ1v) is 5.18. The van der Waals surface area contributed by atoms with Gasteiger partial charge in [-0.3, -0.25) is 0 Å². The van der Waals surface area contributed by atoms with E-state index in [1.807, 2.05) is 0 Å². The molecule has 0 amide bonds. The summed E-state index contributed by atoms with van der Waals surface area (Å²) in [6.07, 6.45) is -4.71. The second kappa shape index (κ2) is 5.58. The average Bonchev–Trinajstić information content (AvgIpc) is 2.17. The molecule has 16 heavy (non-hydrogen) atoms. The van der Waals surface area contributed by atoms with Crippen molar-refractivity contribution in [2.45, 2.75) is 6.36 Å². The lowest BCUT2D eigenvalue weighted by molar-refractivity contribution is -0.275. The van der Waals surface area contributed by atoms with Gasteiger partial charge in [-0.15, -0.1) is 13.2 Å². The van der Waals surface area contributed by atoms with E-state index in [0.717, 1.165) is 0 Å². The van der Waals surface area contributed by atoms with E-state index in [9.17, 15) is 13.2 Å².